The van der Waals surface area contributed by atoms with Crippen LogP contribution in [0.1, 0.15) is 39.7 Å². The fourth-order valence-electron chi connectivity index (χ4n) is 5.40. The minimum atomic E-state index is -0.405. The number of ether oxygens (including phenoxy) is 1. The molecular formula is C33H39N3O3. The average Bonchev–Trinajstić information content (AvgIpc) is 3.29. The van der Waals surface area contributed by atoms with Crippen LogP contribution < -0.4 is 4.90 Å². The zero-order valence-electron chi connectivity index (χ0n) is 23.4. The Morgan fingerprint density at radius 2 is 1.67 bits per heavy atom. The zero-order valence-corrected chi connectivity index (χ0v) is 23.4. The minimum Gasteiger partial charge on any atom is -0.460 e. The Morgan fingerprint density at radius 1 is 0.923 bits per heavy atom. The van der Waals surface area contributed by atoms with Crippen LogP contribution in [0.5, 0.6) is 0 Å². The van der Waals surface area contributed by atoms with Gasteiger partial charge < -0.3 is 19.0 Å². The topological polar surface area (TPSA) is 49.2 Å². The number of hydrogen-bond donors (Lipinski definition) is 0. The van der Waals surface area contributed by atoms with Crippen LogP contribution in [0.2, 0.25) is 0 Å². The van der Waals surface area contributed by atoms with E-state index in [2.05, 4.69) is 88.5 Å². The number of esters is 1. The molecule has 0 unspecified atom stereocenters. The number of aryl methyl sites for hydroxylation is 1. The molecule has 1 aliphatic rings. The van der Waals surface area contributed by atoms with Gasteiger partial charge in [0.05, 0.1) is 6.61 Å². The summed E-state index contributed by atoms with van der Waals surface area (Å²) < 4.78 is 11.1. The Kier molecular flexibility index (Phi) is 8.64. The number of para-hydroxylation sites is 1. The van der Waals surface area contributed by atoms with Crippen molar-refractivity contribution >= 4 is 22.6 Å². The van der Waals surface area contributed by atoms with E-state index >= 15 is 0 Å². The number of carbonyl (C=O) groups excluding carboxylic acids is 1. The lowest BCUT2D eigenvalue weighted by atomic mass is 10.1. The third-order valence-electron chi connectivity index (χ3n) is 7.66. The summed E-state index contributed by atoms with van der Waals surface area (Å²) in [4.78, 5) is 19.8. The van der Waals surface area contributed by atoms with Crippen LogP contribution in [0.25, 0.3) is 11.0 Å². The minimum absolute atomic E-state index is 0.297. The molecule has 3 aromatic carbocycles. The maximum Gasteiger partial charge on any atom is 0.374 e. The number of anilines is 1. The first-order valence-corrected chi connectivity index (χ1v) is 14.0. The molecule has 0 N–H and O–H groups in total. The number of fused-ring (bicyclic) bond motifs is 1. The molecule has 0 atom stereocenters. The normalized spacial score (nSPS) is 14.3. The smallest absolute Gasteiger partial charge is 0.374 e. The Morgan fingerprint density at radius 3 is 2.44 bits per heavy atom. The summed E-state index contributed by atoms with van der Waals surface area (Å²) >= 11 is 0. The summed E-state index contributed by atoms with van der Waals surface area (Å²) in [7, 11) is 2.20. The first-order valence-electron chi connectivity index (χ1n) is 14.0. The molecule has 4 aromatic rings. The predicted octanol–water partition coefficient (Wildman–Crippen LogP) is 5.91. The molecule has 0 saturated carbocycles. The fourth-order valence-corrected chi connectivity index (χ4v) is 5.40. The van der Waals surface area contributed by atoms with Gasteiger partial charge >= 0.3 is 5.97 Å². The molecule has 0 aliphatic carbocycles. The first kappa shape index (κ1) is 27.0. The summed E-state index contributed by atoms with van der Waals surface area (Å²) in [6.07, 6.45) is 0.984. The van der Waals surface area contributed by atoms with Gasteiger partial charge in [0.2, 0.25) is 5.76 Å². The molecule has 0 amide bonds. The van der Waals surface area contributed by atoms with Crippen LogP contribution in [0.4, 0.5) is 5.69 Å². The van der Waals surface area contributed by atoms with Gasteiger partial charge in [0.15, 0.2) is 0 Å². The van der Waals surface area contributed by atoms with E-state index < -0.39 is 5.97 Å². The van der Waals surface area contributed by atoms with Gasteiger partial charge in [-0.05, 0) is 62.2 Å². The SMILES string of the molecule is CCOC(=O)c1oc2ccc(CN(CCc3ccccc3)Cc3ccccc3N3CCN(C)CC3)cc2c1C. The van der Waals surface area contributed by atoms with Crippen molar-refractivity contribution in [2.45, 2.75) is 33.4 Å². The highest BCUT2D eigenvalue weighted by molar-refractivity contribution is 5.96. The second-order valence-electron chi connectivity index (χ2n) is 10.5. The van der Waals surface area contributed by atoms with Crippen molar-refractivity contribution in [1.29, 1.82) is 0 Å². The van der Waals surface area contributed by atoms with E-state index in [1.54, 1.807) is 6.92 Å². The van der Waals surface area contributed by atoms with Crippen molar-refractivity contribution in [3.63, 3.8) is 0 Å². The van der Waals surface area contributed by atoms with E-state index in [1.165, 1.54) is 22.4 Å². The quantitative estimate of drug-likeness (QED) is 0.240. The zero-order chi connectivity index (χ0) is 27.2. The van der Waals surface area contributed by atoms with E-state index in [0.717, 1.165) is 68.8 Å². The monoisotopic (exact) mass is 525 g/mol. The van der Waals surface area contributed by atoms with Gasteiger partial charge in [-0.3, -0.25) is 4.90 Å². The molecule has 6 heteroatoms. The lowest BCUT2D eigenvalue weighted by molar-refractivity contribution is 0.0491. The van der Waals surface area contributed by atoms with Crippen molar-refractivity contribution in [2.24, 2.45) is 0 Å². The standard InChI is InChI=1S/C33H39N3O3/c1-4-38-33(37)32-25(2)29-22-27(14-15-31(29)39-32)23-35(17-16-26-10-6-5-7-11-26)24-28-12-8-9-13-30(28)36-20-18-34(3)19-21-36/h5-15,22H,4,16-21,23-24H2,1-3H3. The van der Waals surface area contributed by atoms with Crippen molar-refractivity contribution in [3.8, 4) is 0 Å². The van der Waals surface area contributed by atoms with Crippen LogP contribution in [-0.2, 0) is 24.2 Å². The summed E-state index contributed by atoms with van der Waals surface area (Å²) in [6, 6.07) is 25.8. The largest absolute Gasteiger partial charge is 0.460 e. The Balaban J connectivity index is 1.40. The lowest BCUT2D eigenvalue weighted by Crippen LogP contribution is -2.45. The number of nitrogens with zero attached hydrogens (tertiary/aromatic N) is 3. The Bertz CT molecular complexity index is 1390. The van der Waals surface area contributed by atoms with Crippen LogP contribution in [0.15, 0.2) is 77.2 Å². The van der Waals surface area contributed by atoms with E-state index in [4.69, 9.17) is 9.15 Å². The molecule has 0 spiro atoms. The number of rotatable bonds is 10. The summed E-state index contributed by atoms with van der Waals surface area (Å²) in [5.74, 6) is -0.108. The van der Waals surface area contributed by atoms with Gasteiger partial charge in [0, 0.05) is 62.5 Å². The molecule has 1 saturated heterocycles. The highest BCUT2D eigenvalue weighted by Gasteiger charge is 2.21. The molecule has 39 heavy (non-hydrogen) atoms. The summed E-state index contributed by atoms with van der Waals surface area (Å²) in [6.45, 7) is 11.0. The van der Waals surface area contributed by atoms with Gasteiger partial charge in [-0.25, -0.2) is 4.79 Å². The highest BCUT2D eigenvalue weighted by atomic mass is 16.5. The molecule has 6 nitrogen and oxygen atoms in total. The number of benzene rings is 3. The summed E-state index contributed by atoms with van der Waals surface area (Å²) in [5, 5.41) is 0.969. The molecule has 5 rings (SSSR count). The Hall–Kier alpha value is -3.61. The lowest BCUT2D eigenvalue weighted by Gasteiger charge is -2.36. The van der Waals surface area contributed by atoms with Crippen LogP contribution >= 0.6 is 0 Å². The van der Waals surface area contributed by atoms with Crippen molar-refractivity contribution in [3.05, 3.63) is 101 Å². The van der Waals surface area contributed by atoms with Gasteiger partial charge in [0.1, 0.15) is 5.58 Å². The van der Waals surface area contributed by atoms with Crippen LogP contribution in [-0.4, -0.2) is 62.1 Å². The fraction of sp³-hybridized carbons (Fsp3) is 0.364. The van der Waals surface area contributed by atoms with Gasteiger partial charge in [0.25, 0.3) is 0 Å². The second kappa shape index (κ2) is 12.5. The molecule has 204 valence electrons. The van der Waals surface area contributed by atoms with Crippen molar-refractivity contribution in [2.75, 3.05) is 51.3 Å². The van der Waals surface area contributed by atoms with E-state index in [1.807, 2.05) is 13.0 Å². The predicted molar refractivity (Wildman–Crippen MR) is 157 cm³/mol. The van der Waals surface area contributed by atoms with E-state index in [-0.39, 0.29) is 0 Å². The van der Waals surface area contributed by atoms with Crippen LogP contribution in [0, 0.1) is 6.92 Å². The summed E-state index contributed by atoms with van der Waals surface area (Å²) in [5.41, 5.74) is 6.80. The maximum atomic E-state index is 12.4. The number of likely N-dealkylation sites (N-methyl/N-ethyl adjacent to an activating group) is 1. The molecule has 0 radical (unpaired) electrons. The van der Waals surface area contributed by atoms with Gasteiger partial charge in [-0.15, -0.1) is 0 Å². The molecular weight excluding hydrogens is 486 g/mol. The Labute approximate surface area is 231 Å². The van der Waals surface area contributed by atoms with E-state index in [0.29, 0.717) is 12.4 Å². The highest BCUT2D eigenvalue weighted by Crippen LogP contribution is 2.29. The number of piperazine rings is 1. The van der Waals surface area contributed by atoms with E-state index in [9.17, 15) is 4.79 Å². The van der Waals surface area contributed by atoms with Crippen LogP contribution in [0.3, 0.4) is 0 Å². The third-order valence-corrected chi connectivity index (χ3v) is 7.66. The molecule has 1 aliphatic heterocycles. The van der Waals surface area contributed by atoms with Gasteiger partial charge in [-0.1, -0.05) is 54.6 Å². The number of hydrogen-bond acceptors (Lipinski definition) is 6. The van der Waals surface area contributed by atoms with Crippen molar-refractivity contribution in [1.82, 2.24) is 9.80 Å². The number of furan rings is 1. The molecule has 1 fully saturated rings. The third kappa shape index (κ3) is 6.52. The molecule has 2 heterocycles. The van der Waals surface area contributed by atoms with Crippen molar-refractivity contribution < 1.29 is 13.9 Å². The number of carbonyl (C=O) groups is 1. The van der Waals surface area contributed by atoms with Gasteiger partial charge in [-0.2, -0.15) is 0 Å². The maximum absolute atomic E-state index is 12.4. The molecule has 1 aromatic heterocycles. The first-order chi connectivity index (χ1) is 19.0. The second-order valence-corrected chi connectivity index (χ2v) is 10.5. The average molecular weight is 526 g/mol. The molecule has 0 bridgehead atoms.